The summed E-state index contributed by atoms with van der Waals surface area (Å²) in [6.07, 6.45) is 3.19. The Bertz CT molecular complexity index is 283. The first-order chi connectivity index (χ1) is 7.90. The molecule has 3 atom stereocenters. The maximum Gasteiger partial charge on any atom is 0.313 e. The van der Waals surface area contributed by atoms with Crippen LogP contribution >= 0.6 is 0 Å². The number of hydrogen-bond acceptors (Lipinski definition) is 3. The van der Waals surface area contributed by atoms with Gasteiger partial charge in [-0.2, -0.15) is 0 Å². The average Bonchev–Trinajstić information content (AvgIpc) is 2.15. The van der Waals surface area contributed by atoms with Crippen LogP contribution in [0.25, 0.3) is 0 Å². The highest BCUT2D eigenvalue weighted by molar-refractivity contribution is 5.94. The number of rotatable bonds is 4. The molecule has 0 unspecified atom stereocenters. The van der Waals surface area contributed by atoms with Crippen molar-refractivity contribution in [2.45, 2.75) is 59.5 Å². The van der Waals surface area contributed by atoms with Gasteiger partial charge in [-0.25, -0.2) is 0 Å². The van der Waals surface area contributed by atoms with E-state index in [0.29, 0.717) is 17.8 Å². The fourth-order valence-electron chi connectivity index (χ4n) is 2.66. The molecular weight excluding hydrogens is 216 g/mol. The number of carbonyl (C=O) groups is 2. The third-order valence-corrected chi connectivity index (χ3v) is 3.64. The molecule has 1 fully saturated rings. The van der Waals surface area contributed by atoms with Gasteiger partial charge < -0.3 is 4.74 Å². The fraction of sp³-hybridized carbons (Fsp3) is 0.857. The summed E-state index contributed by atoms with van der Waals surface area (Å²) in [7, 11) is 0. The highest BCUT2D eigenvalue weighted by Gasteiger charge is 2.33. The third kappa shape index (κ3) is 4.49. The Labute approximate surface area is 104 Å². The van der Waals surface area contributed by atoms with Crippen molar-refractivity contribution < 1.29 is 14.3 Å². The van der Waals surface area contributed by atoms with Crippen LogP contribution in [0.2, 0.25) is 0 Å². The highest BCUT2D eigenvalue weighted by atomic mass is 16.5. The van der Waals surface area contributed by atoms with Gasteiger partial charge in [0.2, 0.25) is 0 Å². The van der Waals surface area contributed by atoms with E-state index in [9.17, 15) is 9.59 Å². The van der Waals surface area contributed by atoms with Crippen molar-refractivity contribution in [1.82, 2.24) is 0 Å². The first kappa shape index (κ1) is 14.2. The first-order valence-electron chi connectivity index (χ1n) is 6.59. The van der Waals surface area contributed by atoms with Crippen molar-refractivity contribution in [3.05, 3.63) is 0 Å². The van der Waals surface area contributed by atoms with Crippen molar-refractivity contribution in [2.75, 3.05) is 0 Å². The average molecular weight is 240 g/mol. The van der Waals surface area contributed by atoms with Crippen LogP contribution in [-0.2, 0) is 14.3 Å². The molecular formula is C14H24O3. The van der Waals surface area contributed by atoms with Crippen molar-refractivity contribution >= 4 is 11.8 Å². The number of carbonyl (C=O) groups excluding carboxylic acids is 2. The number of esters is 1. The summed E-state index contributed by atoms with van der Waals surface area (Å²) >= 11 is 0. The maximum atomic E-state index is 11.6. The van der Waals surface area contributed by atoms with Crippen molar-refractivity contribution in [3.63, 3.8) is 0 Å². The van der Waals surface area contributed by atoms with E-state index in [2.05, 4.69) is 20.8 Å². The molecule has 0 amide bonds. The van der Waals surface area contributed by atoms with Gasteiger partial charge in [0.1, 0.15) is 18.3 Å². The lowest BCUT2D eigenvalue weighted by atomic mass is 9.75. The van der Waals surface area contributed by atoms with E-state index < -0.39 is 0 Å². The van der Waals surface area contributed by atoms with Crippen LogP contribution in [0.3, 0.4) is 0 Å². The van der Waals surface area contributed by atoms with Gasteiger partial charge >= 0.3 is 5.97 Å². The molecule has 0 aromatic rings. The summed E-state index contributed by atoms with van der Waals surface area (Å²) in [4.78, 5) is 22.4. The second kappa shape index (κ2) is 6.18. The topological polar surface area (TPSA) is 43.4 Å². The molecule has 0 radical (unpaired) electrons. The van der Waals surface area contributed by atoms with Crippen LogP contribution in [0.4, 0.5) is 0 Å². The van der Waals surface area contributed by atoms with Crippen LogP contribution in [0.1, 0.15) is 53.4 Å². The van der Waals surface area contributed by atoms with Crippen molar-refractivity contribution in [3.8, 4) is 0 Å². The van der Waals surface area contributed by atoms with E-state index in [-0.39, 0.29) is 24.3 Å². The molecule has 1 aliphatic rings. The van der Waals surface area contributed by atoms with E-state index in [1.54, 1.807) is 0 Å². The zero-order valence-corrected chi connectivity index (χ0v) is 11.4. The predicted octanol–water partition coefficient (Wildman–Crippen LogP) is 2.97. The molecule has 0 bridgehead atoms. The summed E-state index contributed by atoms with van der Waals surface area (Å²) in [5, 5.41) is 0. The maximum absolute atomic E-state index is 11.6. The van der Waals surface area contributed by atoms with Crippen molar-refractivity contribution in [1.29, 1.82) is 0 Å². The minimum atomic E-state index is -0.359. The number of Topliss-reactive ketones (excluding diaryl/α,β-unsaturated/α-hetero) is 1. The third-order valence-electron chi connectivity index (χ3n) is 3.64. The van der Waals surface area contributed by atoms with Gasteiger partial charge in [0.05, 0.1) is 0 Å². The summed E-state index contributed by atoms with van der Waals surface area (Å²) in [5.74, 6) is 1.10. The zero-order valence-electron chi connectivity index (χ0n) is 11.4. The Morgan fingerprint density at radius 2 is 1.94 bits per heavy atom. The molecule has 1 rings (SSSR count). The zero-order chi connectivity index (χ0) is 13.0. The first-order valence-corrected chi connectivity index (χ1v) is 6.59. The van der Waals surface area contributed by atoms with Gasteiger partial charge in [0.25, 0.3) is 0 Å². The van der Waals surface area contributed by atoms with E-state index in [0.717, 1.165) is 12.8 Å². The summed E-state index contributed by atoms with van der Waals surface area (Å²) in [6, 6.07) is 0. The molecule has 1 aliphatic carbocycles. The monoisotopic (exact) mass is 240 g/mol. The van der Waals surface area contributed by atoms with Crippen LogP contribution in [0.5, 0.6) is 0 Å². The summed E-state index contributed by atoms with van der Waals surface area (Å²) < 4.78 is 5.49. The van der Waals surface area contributed by atoms with Gasteiger partial charge in [-0.3, -0.25) is 9.59 Å². The lowest BCUT2D eigenvalue weighted by molar-refractivity contribution is -0.157. The molecule has 17 heavy (non-hydrogen) atoms. The minimum absolute atomic E-state index is 0.00519. The number of ketones is 1. The van der Waals surface area contributed by atoms with Crippen LogP contribution < -0.4 is 0 Å². The van der Waals surface area contributed by atoms with E-state index in [1.807, 2.05) is 0 Å². The van der Waals surface area contributed by atoms with Gasteiger partial charge in [-0.05, 0) is 37.5 Å². The van der Waals surface area contributed by atoms with Gasteiger partial charge in [-0.15, -0.1) is 0 Å². The SMILES string of the molecule is CC(=O)CC(=O)O[C@@H]1C[C@H](C)CC[C@@H]1C(C)C. The normalized spacial score (nSPS) is 29.1. The summed E-state index contributed by atoms with van der Waals surface area (Å²) in [6.45, 7) is 7.96. The fourth-order valence-corrected chi connectivity index (χ4v) is 2.66. The Kier molecular flexibility index (Phi) is 5.16. The molecule has 3 nitrogen and oxygen atoms in total. The highest BCUT2D eigenvalue weighted by Crippen LogP contribution is 2.35. The number of hydrogen-bond donors (Lipinski definition) is 0. The summed E-state index contributed by atoms with van der Waals surface area (Å²) in [5.41, 5.74) is 0. The Hall–Kier alpha value is -0.860. The van der Waals surface area contributed by atoms with E-state index in [4.69, 9.17) is 4.74 Å². The molecule has 1 saturated carbocycles. The Balaban J connectivity index is 2.57. The number of ether oxygens (including phenoxy) is 1. The standard InChI is InChI=1S/C14H24O3/c1-9(2)12-6-5-10(3)7-13(12)17-14(16)8-11(4)15/h9-10,12-13H,5-8H2,1-4H3/t10-,12-,13-/m1/s1. The molecule has 0 N–H and O–H groups in total. The van der Waals surface area contributed by atoms with Crippen LogP contribution in [0, 0.1) is 17.8 Å². The predicted molar refractivity (Wildman–Crippen MR) is 66.5 cm³/mol. The van der Waals surface area contributed by atoms with Crippen LogP contribution in [0.15, 0.2) is 0 Å². The molecule has 98 valence electrons. The molecule has 0 heterocycles. The molecule has 3 heteroatoms. The quantitative estimate of drug-likeness (QED) is 0.560. The molecule has 0 spiro atoms. The molecule has 0 aromatic heterocycles. The second-order valence-corrected chi connectivity index (χ2v) is 5.73. The van der Waals surface area contributed by atoms with Crippen LogP contribution in [-0.4, -0.2) is 17.9 Å². The van der Waals surface area contributed by atoms with E-state index >= 15 is 0 Å². The second-order valence-electron chi connectivity index (χ2n) is 5.73. The van der Waals surface area contributed by atoms with Gasteiger partial charge in [-0.1, -0.05) is 27.2 Å². The van der Waals surface area contributed by atoms with E-state index in [1.165, 1.54) is 13.3 Å². The molecule has 0 aromatic carbocycles. The lowest BCUT2D eigenvalue weighted by Gasteiger charge is -2.36. The van der Waals surface area contributed by atoms with Crippen molar-refractivity contribution in [2.24, 2.45) is 17.8 Å². The Morgan fingerprint density at radius 3 is 2.47 bits per heavy atom. The molecule has 0 aliphatic heterocycles. The Morgan fingerprint density at radius 1 is 1.29 bits per heavy atom. The van der Waals surface area contributed by atoms with Gasteiger partial charge in [0.15, 0.2) is 0 Å². The lowest BCUT2D eigenvalue weighted by Crippen LogP contribution is -2.36. The largest absolute Gasteiger partial charge is 0.462 e. The van der Waals surface area contributed by atoms with Gasteiger partial charge in [0, 0.05) is 0 Å². The molecule has 0 saturated heterocycles. The smallest absolute Gasteiger partial charge is 0.313 e. The minimum Gasteiger partial charge on any atom is -0.462 e.